The summed E-state index contributed by atoms with van der Waals surface area (Å²) in [6, 6.07) is 6.09. The molecule has 0 fully saturated rings. The zero-order chi connectivity index (χ0) is 15.6. The molecular weight excluding hydrogens is 307 g/mol. The van der Waals surface area contributed by atoms with Gasteiger partial charge in [0.15, 0.2) is 5.82 Å². The maximum absolute atomic E-state index is 12.6. The maximum Gasteiger partial charge on any atom is 0.416 e. The minimum absolute atomic E-state index is 0.0890. The van der Waals surface area contributed by atoms with Crippen molar-refractivity contribution in [2.45, 2.75) is 6.18 Å². The molecule has 4 nitrogen and oxygen atoms in total. The van der Waals surface area contributed by atoms with Crippen LogP contribution in [-0.2, 0) is 6.18 Å². The molecule has 2 rings (SSSR count). The van der Waals surface area contributed by atoms with Gasteiger partial charge in [0.25, 0.3) is 0 Å². The molecule has 0 aliphatic heterocycles. The van der Waals surface area contributed by atoms with Gasteiger partial charge in [0, 0.05) is 6.07 Å². The van der Waals surface area contributed by atoms with E-state index in [0.29, 0.717) is 11.6 Å². The number of benzene rings is 1. The lowest BCUT2D eigenvalue weighted by molar-refractivity contribution is -0.137. The number of nitrogen functional groups attached to an aromatic ring is 1. The van der Waals surface area contributed by atoms with E-state index < -0.39 is 11.7 Å². The van der Waals surface area contributed by atoms with E-state index in [2.05, 4.69) is 10.3 Å². The molecule has 1 aromatic carbocycles. The fourth-order valence-corrected chi connectivity index (χ4v) is 1.81. The molecule has 0 saturated heterocycles. The number of nitrogens with two attached hydrogens (primary N) is 1. The molecule has 1 heterocycles. The molecule has 0 unspecified atom stereocenters. The molecule has 0 amide bonds. The Hall–Kier alpha value is -2.15. The Morgan fingerprint density at radius 1 is 1.24 bits per heavy atom. The van der Waals surface area contributed by atoms with Gasteiger partial charge in [0.1, 0.15) is 0 Å². The number of nitrogens with zero attached hydrogens (tertiary/aromatic N) is 1. The van der Waals surface area contributed by atoms with Crippen LogP contribution in [0.15, 0.2) is 30.3 Å². The molecule has 0 bridgehead atoms. The van der Waals surface area contributed by atoms with Crippen LogP contribution in [0.4, 0.5) is 30.4 Å². The first-order valence-electron chi connectivity index (χ1n) is 5.75. The zero-order valence-corrected chi connectivity index (χ0v) is 11.6. The molecule has 0 saturated carbocycles. The first-order chi connectivity index (χ1) is 9.81. The van der Waals surface area contributed by atoms with E-state index in [4.69, 9.17) is 22.1 Å². The lowest BCUT2D eigenvalue weighted by Gasteiger charge is -2.13. The second-order valence-electron chi connectivity index (χ2n) is 4.11. The Bertz CT molecular complexity index is 662. The van der Waals surface area contributed by atoms with E-state index in [9.17, 15) is 13.2 Å². The maximum atomic E-state index is 12.6. The monoisotopic (exact) mass is 317 g/mol. The van der Waals surface area contributed by atoms with Gasteiger partial charge in [-0.05, 0) is 24.3 Å². The molecule has 8 heteroatoms. The molecule has 1 aromatic heterocycles. The predicted octanol–water partition coefficient (Wildman–Crippen LogP) is 4.09. The van der Waals surface area contributed by atoms with Crippen molar-refractivity contribution in [2.24, 2.45) is 0 Å². The largest absolute Gasteiger partial charge is 0.481 e. The van der Waals surface area contributed by atoms with E-state index in [1.807, 2.05) is 0 Å². The molecule has 0 aliphatic carbocycles. The van der Waals surface area contributed by atoms with Gasteiger partial charge in [-0.25, -0.2) is 0 Å². The normalized spacial score (nSPS) is 11.3. The fourth-order valence-electron chi connectivity index (χ4n) is 1.59. The van der Waals surface area contributed by atoms with Gasteiger partial charge in [-0.3, -0.25) is 0 Å². The van der Waals surface area contributed by atoms with Crippen LogP contribution in [0.25, 0.3) is 0 Å². The molecular formula is C13H11ClF3N3O. The number of halogens is 4. The minimum atomic E-state index is -4.45. The average molecular weight is 318 g/mol. The summed E-state index contributed by atoms with van der Waals surface area (Å²) in [5.41, 5.74) is 5.48. The smallest absolute Gasteiger partial charge is 0.416 e. The number of pyridine rings is 1. The molecule has 3 N–H and O–H groups in total. The summed E-state index contributed by atoms with van der Waals surface area (Å²) >= 11 is 5.85. The Balaban J connectivity index is 2.32. The highest BCUT2D eigenvalue weighted by molar-refractivity contribution is 6.33. The number of alkyl halides is 3. The quantitative estimate of drug-likeness (QED) is 0.895. The summed E-state index contributed by atoms with van der Waals surface area (Å²) in [6.07, 6.45) is -4.45. The molecule has 0 atom stereocenters. The van der Waals surface area contributed by atoms with Gasteiger partial charge in [-0.1, -0.05) is 11.6 Å². The second-order valence-corrected chi connectivity index (χ2v) is 4.52. The number of aromatic nitrogens is 1. The molecule has 0 radical (unpaired) electrons. The number of rotatable bonds is 3. The van der Waals surface area contributed by atoms with E-state index in [1.165, 1.54) is 13.2 Å². The number of nitrogens with one attached hydrogen (secondary N) is 1. The van der Waals surface area contributed by atoms with E-state index in [-0.39, 0.29) is 16.5 Å². The fraction of sp³-hybridized carbons (Fsp3) is 0.154. The summed E-state index contributed by atoms with van der Waals surface area (Å²) in [5.74, 6) is 0.561. The van der Waals surface area contributed by atoms with Crippen molar-refractivity contribution < 1.29 is 17.9 Å². The Morgan fingerprint density at radius 3 is 2.52 bits per heavy atom. The predicted molar refractivity (Wildman–Crippen MR) is 74.9 cm³/mol. The van der Waals surface area contributed by atoms with Crippen LogP contribution in [0.5, 0.6) is 5.88 Å². The number of methoxy groups -OCH3 is 1. The molecule has 0 spiro atoms. The average Bonchev–Trinajstić information content (AvgIpc) is 2.42. The van der Waals surface area contributed by atoms with Gasteiger partial charge < -0.3 is 15.8 Å². The second kappa shape index (κ2) is 5.69. The van der Waals surface area contributed by atoms with Crippen LogP contribution in [0.2, 0.25) is 5.02 Å². The van der Waals surface area contributed by atoms with Crippen LogP contribution in [0.1, 0.15) is 5.56 Å². The third-order valence-corrected chi connectivity index (χ3v) is 2.97. The lowest BCUT2D eigenvalue weighted by Crippen LogP contribution is -2.06. The third kappa shape index (κ3) is 3.49. The van der Waals surface area contributed by atoms with Crippen molar-refractivity contribution in [3.05, 3.63) is 40.9 Å². The van der Waals surface area contributed by atoms with Crippen molar-refractivity contribution in [1.82, 2.24) is 4.98 Å². The van der Waals surface area contributed by atoms with Gasteiger partial charge >= 0.3 is 6.18 Å². The lowest BCUT2D eigenvalue weighted by atomic mass is 10.2. The number of hydrogen-bond donors (Lipinski definition) is 2. The van der Waals surface area contributed by atoms with Crippen LogP contribution < -0.4 is 15.8 Å². The Kier molecular flexibility index (Phi) is 4.13. The Labute approximate surface area is 123 Å². The van der Waals surface area contributed by atoms with Crippen LogP contribution in [-0.4, -0.2) is 12.1 Å². The topological polar surface area (TPSA) is 60.2 Å². The number of anilines is 3. The van der Waals surface area contributed by atoms with Crippen molar-refractivity contribution in [3.63, 3.8) is 0 Å². The first kappa shape index (κ1) is 15.2. The molecule has 21 heavy (non-hydrogen) atoms. The molecule has 0 aliphatic rings. The standard InChI is InChI=1S/C13H11ClF3N3O/c1-21-11-5-3-9(18)12(20-11)19-10-4-2-7(6-8(10)14)13(15,16)17/h2-6H,18H2,1H3,(H,19,20). The zero-order valence-electron chi connectivity index (χ0n) is 10.8. The highest BCUT2D eigenvalue weighted by Crippen LogP contribution is 2.35. The first-order valence-corrected chi connectivity index (χ1v) is 6.13. The van der Waals surface area contributed by atoms with E-state index in [0.717, 1.165) is 12.1 Å². The summed E-state index contributed by atoms with van der Waals surface area (Å²) in [7, 11) is 1.44. The molecule has 2 aromatic rings. The van der Waals surface area contributed by atoms with Crippen molar-refractivity contribution >= 4 is 28.8 Å². The number of hydrogen-bond acceptors (Lipinski definition) is 4. The minimum Gasteiger partial charge on any atom is -0.481 e. The van der Waals surface area contributed by atoms with Crippen molar-refractivity contribution in [3.8, 4) is 5.88 Å². The van der Waals surface area contributed by atoms with E-state index >= 15 is 0 Å². The highest BCUT2D eigenvalue weighted by atomic mass is 35.5. The summed E-state index contributed by atoms with van der Waals surface area (Å²) < 4.78 is 42.6. The van der Waals surface area contributed by atoms with E-state index in [1.54, 1.807) is 12.1 Å². The van der Waals surface area contributed by atoms with Crippen LogP contribution in [0, 0.1) is 0 Å². The van der Waals surface area contributed by atoms with Crippen LogP contribution >= 0.6 is 11.6 Å². The van der Waals surface area contributed by atoms with Gasteiger partial charge in [-0.15, -0.1) is 0 Å². The SMILES string of the molecule is COc1ccc(N)c(Nc2ccc(C(F)(F)F)cc2Cl)n1. The van der Waals surface area contributed by atoms with Crippen molar-refractivity contribution in [2.75, 3.05) is 18.2 Å². The summed E-state index contributed by atoms with van der Waals surface area (Å²) in [5, 5.41) is 2.69. The van der Waals surface area contributed by atoms with Crippen LogP contribution in [0.3, 0.4) is 0 Å². The van der Waals surface area contributed by atoms with Gasteiger partial charge in [-0.2, -0.15) is 18.2 Å². The number of ether oxygens (including phenoxy) is 1. The summed E-state index contributed by atoms with van der Waals surface area (Å²) in [4.78, 5) is 4.06. The summed E-state index contributed by atoms with van der Waals surface area (Å²) in [6.45, 7) is 0. The third-order valence-electron chi connectivity index (χ3n) is 2.66. The van der Waals surface area contributed by atoms with Crippen molar-refractivity contribution in [1.29, 1.82) is 0 Å². The Morgan fingerprint density at radius 2 is 1.95 bits per heavy atom. The molecule has 112 valence electrons. The van der Waals surface area contributed by atoms with Gasteiger partial charge in [0.05, 0.1) is 29.1 Å². The highest BCUT2D eigenvalue weighted by Gasteiger charge is 2.30. The van der Waals surface area contributed by atoms with Gasteiger partial charge in [0.2, 0.25) is 5.88 Å².